The van der Waals surface area contributed by atoms with Crippen molar-refractivity contribution in [2.75, 3.05) is 5.32 Å². The van der Waals surface area contributed by atoms with Crippen LogP contribution in [0.1, 0.15) is 27.0 Å². The highest BCUT2D eigenvalue weighted by Crippen LogP contribution is 2.27. The summed E-state index contributed by atoms with van der Waals surface area (Å²) in [6, 6.07) is 33.9. The van der Waals surface area contributed by atoms with Crippen molar-refractivity contribution in [3.8, 4) is 23.1 Å². The van der Waals surface area contributed by atoms with Crippen LogP contribution in [-0.2, 0) is 6.61 Å². The number of thiazole rings is 1. The molecule has 0 aliphatic heterocycles. The van der Waals surface area contributed by atoms with E-state index in [0.29, 0.717) is 23.5 Å². The largest absolute Gasteiger partial charge is 0.489 e. The van der Waals surface area contributed by atoms with E-state index in [1.54, 1.807) is 24.4 Å². The molecule has 0 atom stereocenters. The van der Waals surface area contributed by atoms with Crippen LogP contribution in [0.4, 0.5) is 10.8 Å². The first-order chi connectivity index (χ1) is 19.2. The average Bonchev–Trinajstić information content (AvgIpc) is 3.46. The first kappa shape index (κ1) is 25.4. The summed E-state index contributed by atoms with van der Waals surface area (Å²) in [7, 11) is 0. The van der Waals surface area contributed by atoms with E-state index in [2.05, 4.69) is 26.9 Å². The van der Waals surface area contributed by atoms with Gasteiger partial charge < -0.3 is 10.1 Å². The fraction of sp³-hybridized carbons (Fsp3) is 0.0323. The third kappa shape index (κ3) is 6.74. The molecule has 5 aromatic rings. The predicted octanol–water partition coefficient (Wildman–Crippen LogP) is 6.77. The molecule has 0 aliphatic rings. The Bertz CT molecular complexity index is 1620. The van der Waals surface area contributed by atoms with Crippen LogP contribution in [-0.4, -0.2) is 17.1 Å². The van der Waals surface area contributed by atoms with E-state index in [-0.39, 0.29) is 5.91 Å². The SMILES string of the molecule is N#Cc1ccccc1COc1ccc(C=NNC(=O)c2ccc(Nc3nc(-c4ccccc4)cs3)cc2)cc1. The molecule has 1 aromatic heterocycles. The molecule has 1 amide bonds. The normalized spacial score (nSPS) is 10.6. The number of nitrogens with one attached hydrogen (secondary N) is 2. The van der Waals surface area contributed by atoms with Gasteiger partial charge in [0.25, 0.3) is 5.91 Å². The molecule has 5 rings (SSSR count). The summed E-state index contributed by atoms with van der Waals surface area (Å²) >= 11 is 1.52. The van der Waals surface area contributed by atoms with Gasteiger partial charge in [-0.15, -0.1) is 11.3 Å². The van der Waals surface area contributed by atoms with Crippen LogP contribution >= 0.6 is 11.3 Å². The molecule has 0 bridgehead atoms. The number of carbonyl (C=O) groups is 1. The number of carbonyl (C=O) groups excluding carboxylic acids is 1. The number of amides is 1. The molecule has 190 valence electrons. The second-order valence-electron chi connectivity index (χ2n) is 8.43. The molecule has 7 nitrogen and oxygen atoms in total. The van der Waals surface area contributed by atoms with E-state index in [9.17, 15) is 10.1 Å². The van der Waals surface area contributed by atoms with Gasteiger partial charge in [-0.05, 0) is 60.2 Å². The number of hydrogen-bond donors (Lipinski definition) is 2. The Hall–Kier alpha value is -5.26. The van der Waals surface area contributed by atoms with Crippen molar-refractivity contribution < 1.29 is 9.53 Å². The third-order valence-electron chi connectivity index (χ3n) is 5.76. The zero-order chi connectivity index (χ0) is 26.9. The number of aromatic nitrogens is 1. The first-order valence-corrected chi connectivity index (χ1v) is 13.0. The van der Waals surface area contributed by atoms with Crippen LogP contribution in [0.5, 0.6) is 5.75 Å². The summed E-state index contributed by atoms with van der Waals surface area (Å²) in [5, 5.41) is 19.3. The lowest BCUT2D eigenvalue weighted by molar-refractivity contribution is 0.0955. The molecule has 0 unspecified atom stereocenters. The first-order valence-electron chi connectivity index (χ1n) is 12.1. The van der Waals surface area contributed by atoms with Crippen molar-refractivity contribution in [3.63, 3.8) is 0 Å². The maximum absolute atomic E-state index is 12.5. The van der Waals surface area contributed by atoms with Gasteiger partial charge >= 0.3 is 0 Å². The molecule has 0 fully saturated rings. The molecule has 2 N–H and O–H groups in total. The Labute approximate surface area is 230 Å². The summed E-state index contributed by atoms with van der Waals surface area (Å²) in [5.74, 6) is 0.362. The number of hydrazone groups is 1. The molecular weight excluding hydrogens is 506 g/mol. The molecule has 39 heavy (non-hydrogen) atoms. The highest BCUT2D eigenvalue weighted by atomic mass is 32.1. The maximum atomic E-state index is 12.5. The van der Waals surface area contributed by atoms with Crippen LogP contribution in [0, 0.1) is 11.3 Å². The monoisotopic (exact) mass is 529 g/mol. The number of nitrogens with zero attached hydrogens (tertiary/aromatic N) is 3. The van der Waals surface area contributed by atoms with Gasteiger partial charge in [-0.3, -0.25) is 4.79 Å². The van der Waals surface area contributed by atoms with Crippen molar-refractivity contribution in [2.45, 2.75) is 6.61 Å². The van der Waals surface area contributed by atoms with Crippen molar-refractivity contribution in [1.82, 2.24) is 10.4 Å². The highest BCUT2D eigenvalue weighted by Gasteiger charge is 2.07. The standard InChI is InChI=1S/C31H23N5O2S/c32-18-25-8-4-5-9-26(25)20-38-28-16-10-22(11-17-28)19-33-36-30(37)24-12-14-27(15-13-24)34-31-35-29(21-39-31)23-6-2-1-3-7-23/h1-17,19,21H,20H2,(H,34,35)(H,36,37). The van der Waals surface area contributed by atoms with Gasteiger partial charge in [-0.25, -0.2) is 10.4 Å². The van der Waals surface area contributed by atoms with Gasteiger partial charge in [0.2, 0.25) is 0 Å². The van der Waals surface area contributed by atoms with E-state index in [1.165, 1.54) is 11.3 Å². The zero-order valence-corrected chi connectivity index (χ0v) is 21.6. The number of rotatable bonds is 9. The number of hydrogen-bond acceptors (Lipinski definition) is 7. The number of nitriles is 1. The maximum Gasteiger partial charge on any atom is 0.271 e. The lowest BCUT2D eigenvalue weighted by atomic mass is 10.1. The molecule has 4 aromatic carbocycles. The summed E-state index contributed by atoms with van der Waals surface area (Å²) in [6.07, 6.45) is 1.56. The second-order valence-corrected chi connectivity index (χ2v) is 9.29. The third-order valence-corrected chi connectivity index (χ3v) is 6.52. The minimum Gasteiger partial charge on any atom is -0.489 e. The van der Waals surface area contributed by atoms with Gasteiger partial charge in [-0.2, -0.15) is 10.4 Å². The van der Waals surface area contributed by atoms with E-state index >= 15 is 0 Å². The van der Waals surface area contributed by atoms with E-state index in [1.807, 2.05) is 90.3 Å². The minimum absolute atomic E-state index is 0.306. The smallest absolute Gasteiger partial charge is 0.271 e. The molecule has 0 aliphatic carbocycles. The number of ether oxygens (including phenoxy) is 1. The molecular formula is C31H23N5O2S. The van der Waals surface area contributed by atoms with Crippen LogP contribution < -0.4 is 15.5 Å². The van der Waals surface area contributed by atoms with Crippen LogP contribution in [0.3, 0.4) is 0 Å². The minimum atomic E-state index is -0.311. The van der Waals surface area contributed by atoms with E-state index in [4.69, 9.17) is 4.74 Å². The van der Waals surface area contributed by atoms with Gasteiger partial charge in [-0.1, -0.05) is 48.5 Å². The van der Waals surface area contributed by atoms with Crippen LogP contribution in [0.25, 0.3) is 11.3 Å². The molecule has 0 spiro atoms. The molecule has 1 heterocycles. The topological polar surface area (TPSA) is 99.4 Å². The van der Waals surface area contributed by atoms with Gasteiger partial charge in [0.05, 0.1) is 23.5 Å². The number of anilines is 2. The van der Waals surface area contributed by atoms with Crippen LogP contribution in [0.15, 0.2) is 114 Å². The van der Waals surface area contributed by atoms with Gasteiger partial charge in [0.1, 0.15) is 12.4 Å². The summed E-state index contributed by atoms with van der Waals surface area (Å²) in [6.45, 7) is 0.306. The summed E-state index contributed by atoms with van der Waals surface area (Å²) < 4.78 is 5.78. The highest BCUT2D eigenvalue weighted by molar-refractivity contribution is 7.14. The van der Waals surface area contributed by atoms with Gasteiger partial charge in [0, 0.05) is 27.8 Å². The van der Waals surface area contributed by atoms with Crippen molar-refractivity contribution >= 4 is 34.3 Å². The Kier molecular flexibility index (Phi) is 8.02. The fourth-order valence-corrected chi connectivity index (χ4v) is 4.44. The molecule has 8 heteroatoms. The molecule has 0 radical (unpaired) electrons. The molecule has 0 saturated heterocycles. The second kappa shape index (κ2) is 12.3. The number of benzene rings is 4. The van der Waals surface area contributed by atoms with Crippen molar-refractivity contribution in [3.05, 3.63) is 131 Å². The Morgan fingerprint density at radius 2 is 1.69 bits per heavy atom. The fourth-order valence-electron chi connectivity index (χ4n) is 3.70. The lowest BCUT2D eigenvalue weighted by Gasteiger charge is -2.07. The van der Waals surface area contributed by atoms with Crippen molar-refractivity contribution in [1.29, 1.82) is 5.26 Å². The zero-order valence-electron chi connectivity index (χ0n) is 20.7. The van der Waals surface area contributed by atoms with Crippen LogP contribution in [0.2, 0.25) is 0 Å². The lowest BCUT2D eigenvalue weighted by Crippen LogP contribution is -2.17. The van der Waals surface area contributed by atoms with E-state index in [0.717, 1.165) is 33.2 Å². The van der Waals surface area contributed by atoms with Gasteiger partial charge in [0.15, 0.2) is 5.13 Å². The Morgan fingerprint density at radius 3 is 2.46 bits per heavy atom. The Morgan fingerprint density at radius 1 is 0.949 bits per heavy atom. The average molecular weight is 530 g/mol. The summed E-state index contributed by atoms with van der Waals surface area (Å²) in [5.41, 5.74) is 8.09. The predicted molar refractivity (Wildman–Crippen MR) is 154 cm³/mol. The molecule has 0 saturated carbocycles. The summed E-state index contributed by atoms with van der Waals surface area (Å²) in [4.78, 5) is 17.1. The quantitative estimate of drug-likeness (QED) is 0.162. The van der Waals surface area contributed by atoms with Crippen molar-refractivity contribution in [2.24, 2.45) is 5.10 Å². The Balaban J connectivity index is 1.11. The van der Waals surface area contributed by atoms with E-state index < -0.39 is 0 Å².